The molecule has 0 fully saturated rings. The summed E-state index contributed by atoms with van der Waals surface area (Å²) in [5, 5.41) is 30.7. The minimum Gasteiger partial charge on any atom is -0.480 e. The highest BCUT2D eigenvalue weighted by Crippen LogP contribution is 2.11. The van der Waals surface area contributed by atoms with E-state index in [1.165, 1.54) is 0 Å². The Morgan fingerprint density at radius 1 is 0.541 bits per heavy atom. The van der Waals surface area contributed by atoms with E-state index in [4.69, 9.17) is 78.7 Å². The van der Waals surface area contributed by atoms with Crippen LogP contribution in [0.1, 0.15) is 46.0 Å². The quantitative estimate of drug-likeness (QED) is 0.0504. The monoisotopic (exact) mass is 911 g/mol. The molecule has 5 unspecified atom stereocenters. The number of methoxy groups -OCH3 is 4. The molecule has 5 atom stereocenters. The number of carboxylic acid groups (broad SMARTS) is 3. The second-order valence-electron chi connectivity index (χ2n) is 13.5. The van der Waals surface area contributed by atoms with Crippen LogP contribution in [0.4, 0.5) is 0 Å². The summed E-state index contributed by atoms with van der Waals surface area (Å²) < 4.78 is 64.7. The first kappa shape index (κ1) is 61.2. The number of carboxylic acids is 3. The molecule has 0 spiro atoms. The van der Waals surface area contributed by atoms with Gasteiger partial charge in [0.25, 0.3) is 0 Å². The van der Waals surface area contributed by atoms with Gasteiger partial charge in [-0.05, 0) is 32.2 Å². The Morgan fingerprint density at radius 3 is 1.33 bits per heavy atom. The summed E-state index contributed by atoms with van der Waals surface area (Å²) in [6.45, 7) is 12.1. The summed E-state index contributed by atoms with van der Waals surface area (Å²) in [5.74, 6) is -3.39. The van der Waals surface area contributed by atoms with Crippen molar-refractivity contribution in [3.8, 4) is 0 Å². The van der Waals surface area contributed by atoms with Gasteiger partial charge in [-0.1, -0.05) is 20.3 Å². The Morgan fingerprint density at radius 2 is 0.951 bits per heavy atom. The molecule has 0 aliphatic carbocycles. The van der Waals surface area contributed by atoms with Crippen molar-refractivity contribution in [3.63, 3.8) is 0 Å². The zero-order chi connectivity index (χ0) is 45.8. The number of unbranched alkanes of at least 4 members (excludes halogenated alkanes) is 1. The Balaban J connectivity index is 0. The first-order valence-electron chi connectivity index (χ1n) is 20.9. The van der Waals surface area contributed by atoms with Crippen molar-refractivity contribution in [3.05, 3.63) is 0 Å². The third-order valence-electron chi connectivity index (χ3n) is 8.37. The number of hydrogen-bond donors (Lipinski definition) is 4. The van der Waals surface area contributed by atoms with Crippen molar-refractivity contribution in [1.82, 2.24) is 10.2 Å². The molecule has 0 saturated carbocycles. The van der Waals surface area contributed by atoms with E-state index < -0.39 is 37.0 Å². The molecule has 20 nitrogen and oxygen atoms in total. The van der Waals surface area contributed by atoms with Crippen molar-refractivity contribution < 1.29 is 86.5 Å². The molecule has 0 rings (SSSR count). The van der Waals surface area contributed by atoms with E-state index in [-0.39, 0.29) is 30.8 Å². The Kier molecular flexibility index (Phi) is 46.3. The van der Waals surface area contributed by atoms with E-state index in [0.29, 0.717) is 138 Å². The molecular weight excluding hydrogens is 832 g/mol. The summed E-state index contributed by atoms with van der Waals surface area (Å²) in [6.07, 6.45) is 2.45. The van der Waals surface area contributed by atoms with Crippen LogP contribution in [0.2, 0.25) is 0 Å². The highest BCUT2D eigenvalue weighted by atomic mass is 35.5. The lowest BCUT2D eigenvalue weighted by atomic mass is 10.1. The smallest absolute Gasteiger partial charge is 0.320 e. The molecule has 364 valence electrons. The number of carbonyl (C=O) groups is 3. The lowest BCUT2D eigenvalue weighted by Crippen LogP contribution is -2.46. The van der Waals surface area contributed by atoms with Crippen LogP contribution in [-0.4, -0.2) is 235 Å². The molecule has 0 heterocycles. The van der Waals surface area contributed by atoms with Gasteiger partial charge >= 0.3 is 17.9 Å². The van der Waals surface area contributed by atoms with E-state index in [1.807, 2.05) is 6.92 Å². The van der Waals surface area contributed by atoms with Crippen LogP contribution < -0.4 is 5.32 Å². The predicted octanol–water partition coefficient (Wildman–Crippen LogP) is 1.91. The van der Waals surface area contributed by atoms with Gasteiger partial charge in [-0.2, -0.15) is 0 Å². The van der Waals surface area contributed by atoms with Gasteiger partial charge in [-0.15, -0.1) is 11.6 Å². The molecule has 0 aromatic rings. The zero-order valence-corrected chi connectivity index (χ0v) is 38.3. The highest BCUT2D eigenvalue weighted by Gasteiger charge is 2.28. The van der Waals surface area contributed by atoms with Crippen LogP contribution in [-0.2, 0) is 71.2 Å². The van der Waals surface area contributed by atoms with Gasteiger partial charge in [-0.3, -0.25) is 19.3 Å². The van der Waals surface area contributed by atoms with E-state index in [1.54, 1.807) is 28.4 Å². The minimum atomic E-state index is -1.28. The fraction of sp³-hybridized carbons (Fsp3) is 0.925. The van der Waals surface area contributed by atoms with E-state index in [2.05, 4.69) is 12.2 Å². The molecule has 0 saturated heterocycles. The third kappa shape index (κ3) is 40.6. The largest absolute Gasteiger partial charge is 0.480 e. The Hall–Kier alpha value is -1.86. The van der Waals surface area contributed by atoms with Gasteiger partial charge in [0.1, 0.15) is 6.04 Å². The molecule has 21 heteroatoms. The van der Waals surface area contributed by atoms with Crippen LogP contribution in [0.15, 0.2) is 0 Å². The van der Waals surface area contributed by atoms with Crippen LogP contribution in [0, 0.1) is 0 Å². The molecule has 61 heavy (non-hydrogen) atoms. The maximum atomic E-state index is 11.6. The maximum absolute atomic E-state index is 11.6. The Bertz CT molecular complexity index is 978. The summed E-state index contributed by atoms with van der Waals surface area (Å²) in [6, 6.07) is -1.19. The summed E-state index contributed by atoms with van der Waals surface area (Å²) in [7, 11) is 6.50. The number of nitrogens with one attached hydrogen (secondary N) is 1. The van der Waals surface area contributed by atoms with Gasteiger partial charge in [0.05, 0.1) is 149 Å². The fourth-order valence-electron chi connectivity index (χ4n) is 5.22. The Labute approximate surface area is 368 Å². The van der Waals surface area contributed by atoms with Crippen molar-refractivity contribution in [1.29, 1.82) is 0 Å². The van der Waals surface area contributed by atoms with E-state index in [9.17, 15) is 19.5 Å². The van der Waals surface area contributed by atoms with Gasteiger partial charge in [0.2, 0.25) is 0 Å². The summed E-state index contributed by atoms with van der Waals surface area (Å²) in [5.41, 5.74) is 0. The molecule has 0 aliphatic rings. The maximum Gasteiger partial charge on any atom is 0.320 e. The van der Waals surface area contributed by atoms with Gasteiger partial charge < -0.3 is 77.5 Å². The fourth-order valence-corrected chi connectivity index (χ4v) is 5.38. The van der Waals surface area contributed by atoms with Crippen LogP contribution in [0.5, 0.6) is 0 Å². The molecule has 4 N–H and O–H groups in total. The lowest BCUT2D eigenvalue weighted by Gasteiger charge is -2.26. The molecule has 0 aliphatic heterocycles. The zero-order valence-electron chi connectivity index (χ0n) is 37.6. The normalized spacial score (nSPS) is 14.0. The molecule has 0 aromatic carbocycles. The number of aliphatic carboxylic acids is 3. The highest BCUT2D eigenvalue weighted by molar-refractivity contribution is 6.18. The van der Waals surface area contributed by atoms with Crippen molar-refractivity contribution >= 4 is 29.5 Å². The summed E-state index contributed by atoms with van der Waals surface area (Å²) in [4.78, 5) is 34.6. The van der Waals surface area contributed by atoms with Gasteiger partial charge in [0.15, 0.2) is 0 Å². The van der Waals surface area contributed by atoms with E-state index in [0.717, 1.165) is 17.7 Å². The number of hydrogen-bond acceptors (Lipinski definition) is 17. The molecule has 0 amide bonds. The van der Waals surface area contributed by atoms with Crippen LogP contribution in [0.25, 0.3) is 0 Å². The van der Waals surface area contributed by atoms with Crippen molar-refractivity contribution in [2.24, 2.45) is 0 Å². The SMILES string of the molecule is CCC(COCCOCCOCCOC)OC(CCl)COC.CCC(COCCOCCOCCOC)OC(CNCCCCC(C(=O)O)N(CC(=O)O)CC(=O)O)COC. The average Bonchev–Trinajstić information content (AvgIpc) is 3.22. The standard InChI is InChI=1S/C25H48N2O12.C15H31ClO6/c1-4-20(19-38-14-13-37-12-11-36-10-9-34-2)39-21(18-35-3)15-26-8-6-5-7-22(25(32)33)27(16-23(28)29)17-24(30)31;1-4-14(22-15(11-16)12-18-3)13-21-10-9-20-8-7-19-6-5-17-2/h20-22,26H,4-19H2,1-3H3,(H,28,29)(H,30,31)(H,32,33);14-15H,4-13H2,1-3H3. The minimum absolute atomic E-state index is 0.0243. The number of rotatable bonds is 46. The van der Waals surface area contributed by atoms with Gasteiger partial charge in [0, 0.05) is 35.0 Å². The van der Waals surface area contributed by atoms with E-state index >= 15 is 0 Å². The molecule has 0 radical (unpaired) electrons. The molecule has 0 bridgehead atoms. The van der Waals surface area contributed by atoms with Crippen molar-refractivity contribution in [2.45, 2.75) is 76.4 Å². The number of nitrogens with zero attached hydrogens (tertiary/aromatic N) is 1. The van der Waals surface area contributed by atoms with Crippen LogP contribution in [0.3, 0.4) is 0 Å². The first-order valence-corrected chi connectivity index (χ1v) is 21.5. The average molecular weight is 912 g/mol. The van der Waals surface area contributed by atoms with Crippen LogP contribution >= 0.6 is 11.6 Å². The first-order chi connectivity index (χ1) is 29.5. The van der Waals surface area contributed by atoms with Crippen molar-refractivity contribution in [2.75, 3.05) is 166 Å². The predicted molar refractivity (Wildman–Crippen MR) is 226 cm³/mol. The topological polar surface area (TPSA) is 238 Å². The number of alkyl halides is 1. The second-order valence-corrected chi connectivity index (χ2v) is 13.8. The number of halogens is 1. The molecule has 0 aromatic heterocycles. The third-order valence-corrected chi connectivity index (χ3v) is 8.72. The number of ether oxygens (including phenoxy) is 12. The second kappa shape index (κ2) is 46.1. The molecular formula is C40H79ClN2O18. The van der Waals surface area contributed by atoms with Gasteiger partial charge in [-0.25, -0.2) is 0 Å². The lowest BCUT2D eigenvalue weighted by molar-refractivity contribution is -0.149. The summed E-state index contributed by atoms with van der Waals surface area (Å²) >= 11 is 5.83.